The lowest BCUT2D eigenvalue weighted by Gasteiger charge is -2.41. The Kier molecular flexibility index (Phi) is 6.74. The Morgan fingerprint density at radius 2 is 2.00 bits per heavy atom. The van der Waals surface area contributed by atoms with E-state index in [1.165, 1.54) is 17.2 Å². The topological polar surface area (TPSA) is 68.7 Å². The smallest absolute Gasteiger partial charge is 0.389 e. The van der Waals surface area contributed by atoms with Crippen LogP contribution in [0.4, 0.5) is 23.2 Å². The molecule has 0 saturated carbocycles. The summed E-state index contributed by atoms with van der Waals surface area (Å²) in [5.41, 5.74) is -0.0962. The number of pyridine rings is 1. The first-order valence-electron chi connectivity index (χ1n) is 11.5. The SMILES string of the molecule is Cc1c(F)cc(N2C[C@H](NC(=O)CC3(O)CCN(C)CC3)C[C@H](C(F)(F)F)C2)c2cccnc12. The van der Waals surface area contributed by atoms with Gasteiger partial charge >= 0.3 is 6.18 Å². The maximum Gasteiger partial charge on any atom is 0.393 e. The second kappa shape index (κ2) is 9.30. The van der Waals surface area contributed by atoms with Gasteiger partial charge < -0.3 is 20.2 Å². The van der Waals surface area contributed by atoms with Crippen molar-refractivity contribution in [3.05, 3.63) is 35.8 Å². The van der Waals surface area contributed by atoms with Crippen molar-refractivity contribution in [2.75, 3.05) is 38.1 Å². The van der Waals surface area contributed by atoms with Crippen LogP contribution in [0.1, 0.15) is 31.2 Å². The quantitative estimate of drug-likeness (QED) is 0.654. The van der Waals surface area contributed by atoms with Crippen LogP contribution in [0, 0.1) is 18.7 Å². The monoisotopic (exact) mass is 482 g/mol. The molecule has 0 spiro atoms. The number of carbonyl (C=O) groups is 1. The van der Waals surface area contributed by atoms with Crippen LogP contribution in [-0.4, -0.2) is 71.9 Å². The number of aromatic nitrogens is 1. The maximum absolute atomic E-state index is 14.6. The summed E-state index contributed by atoms with van der Waals surface area (Å²) in [4.78, 5) is 20.5. The van der Waals surface area contributed by atoms with Crippen LogP contribution in [-0.2, 0) is 4.79 Å². The van der Waals surface area contributed by atoms with Gasteiger partial charge in [0.25, 0.3) is 0 Å². The number of carbonyl (C=O) groups excluding carboxylic acids is 1. The number of halogens is 4. The maximum atomic E-state index is 14.6. The number of likely N-dealkylation sites (tertiary alicyclic amines) is 1. The highest BCUT2D eigenvalue weighted by molar-refractivity contribution is 5.94. The first kappa shape index (κ1) is 24.7. The summed E-state index contributed by atoms with van der Waals surface area (Å²) in [5.74, 6) is -2.70. The highest BCUT2D eigenvalue weighted by Crippen LogP contribution is 2.38. The second-order valence-electron chi connectivity index (χ2n) is 9.75. The average molecular weight is 483 g/mol. The van der Waals surface area contributed by atoms with Gasteiger partial charge in [0.15, 0.2) is 0 Å². The summed E-state index contributed by atoms with van der Waals surface area (Å²) in [6, 6.07) is 3.83. The van der Waals surface area contributed by atoms with Gasteiger partial charge in [0.05, 0.1) is 23.5 Å². The van der Waals surface area contributed by atoms with Gasteiger partial charge in [-0.2, -0.15) is 13.2 Å². The normalized spacial score (nSPS) is 23.8. The van der Waals surface area contributed by atoms with E-state index in [2.05, 4.69) is 15.2 Å². The number of piperidine rings is 2. The molecule has 2 fully saturated rings. The van der Waals surface area contributed by atoms with Gasteiger partial charge in [-0.05, 0) is 51.4 Å². The molecule has 0 bridgehead atoms. The van der Waals surface area contributed by atoms with Crippen LogP contribution in [0.2, 0.25) is 0 Å². The van der Waals surface area contributed by atoms with Crippen molar-refractivity contribution in [3.8, 4) is 0 Å². The molecule has 3 heterocycles. The number of nitrogens with one attached hydrogen (secondary N) is 1. The van der Waals surface area contributed by atoms with Gasteiger partial charge in [-0.15, -0.1) is 0 Å². The van der Waals surface area contributed by atoms with Crippen molar-refractivity contribution >= 4 is 22.5 Å². The first-order chi connectivity index (χ1) is 15.9. The Balaban J connectivity index is 1.57. The molecule has 6 nitrogen and oxygen atoms in total. The molecule has 2 saturated heterocycles. The summed E-state index contributed by atoms with van der Waals surface area (Å²) < 4.78 is 56.0. The molecule has 2 N–H and O–H groups in total. The molecule has 34 heavy (non-hydrogen) atoms. The first-order valence-corrected chi connectivity index (χ1v) is 11.5. The molecule has 186 valence electrons. The zero-order chi connectivity index (χ0) is 24.7. The molecule has 10 heteroatoms. The van der Waals surface area contributed by atoms with Crippen LogP contribution >= 0.6 is 0 Å². The predicted molar refractivity (Wildman–Crippen MR) is 121 cm³/mol. The minimum Gasteiger partial charge on any atom is -0.389 e. The van der Waals surface area contributed by atoms with Crippen LogP contribution in [0.15, 0.2) is 24.4 Å². The van der Waals surface area contributed by atoms with E-state index in [1.807, 2.05) is 7.05 Å². The van der Waals surface area contributed by atoms with Gasteiger partial charge in [0.2, 0.25) is 5.91 Å². The van der Waals surface area contributed by atoms with E-state index in [-0.39, 0.29) is 25.9 Å². The molecule has 2 aliphatic rings. The second-order valence-corrected chi connectivity index (χ2v) is 9.75. The van der Waals surface area contributed by atoms with E-state index in [9.17, 15) is 27.5 Å². The fourth-order valence-corrected chi connectivity index (χ4v) is 5.02. The van der Waals surface area contributed by atoms with E-state index in [0.29, 0.717) is 48.1 Å². The largest absolute Gasteiger partial charge is 0.393 e. The van der Waals surface area contributed by atoms with E-state index in [1.54, 1.807) is 19.1 Å². The Morgan fingerprint density at radius 3 is 2.68 bits per heavy atom. The van der Waals surface area contributed by atoms with Crippen molar-refractivity contribution < 1.29 is 27.5 Å². The average Bonchev–Trinajstić information content (AvgIpc) is 2.77. The van der Waals surface area contributed by atoms with E-state index >= 15 is 0 Å². The number of fused-ring (bicyclic) bond motifs is 1. The van der Waals surface area contributed by atoms with Crippen molar-refractivity contribution in [3.63, 3.8) is 0 Å². The van der Waals surface area contributed by atoms with E-state index in [4.69, 9.17) is 0 Å². The van der Waals surface area contributed by atoms with Gasteiger partial charge in [-0.1, -0.05) is 0 Å². The lowest BCUT2D eigenvalue weighted by Crippen LogP contribution is -2.55. The lowest BCUT2D eigenvalue weighted by molar-refractivity contribution is -0.178. The van der Waals surface area contributed by atoms with Crippen LogP contribution in [0.25, 0.3) is 10.9 Å². The standard InChI is InChI=1S/C24H30F4N4O2/c1-15-19(25)11-20(18-4-3-7-29-22(15)18)32-13-16(24(26,27)28)10-17(14-32)30-21(33)12-23(34)5-8-31(2)9-6-23/h3-4,7,11,16-17,34H,5-6,8-10,12-14H2,1-2H3,(H,30,33)/t16-,17+/m0/s1. The fraction of sp³-hybridized carbons (Fsp3) is 0.583. The summed E-state index contributed by atoms with van der Waals surface area (Å²) in [6.07, 6.45) is -2.51. The molecular formula is C24H30F4N4O2. The molecular weight excluding hydrogens is 452 g/mol. The summed E-state index contributed by atoms with van der Waals surface area (Å²) >= 11 is 0. The third-order valence-electron chi connectivity index (χ3n) is 7.09. The molecule has 0 aliphatic carbocycles. The number of anilines is 1. The van der Waals surface area contributed by atoms with Crippen LogP contribution < -0.4 is 10.2 Å². The number of alkyl halides is 3. The Bertz CT molecular complexity index is 1050. The molecule has 2 aromatic rings. The van der Waals surface area contributed by atoms with Gasteiger partial charge in [-0.25, -0.2) is 4.39 Å². The molecule has 1 amide bonds. The number of nitrogens with zero attached hydrogens (tertiary/aromatic N) is 3. The van der Waals surface area contributed by atoms with Crippen LogP contribution in [0.5, 0.6) is 0 Å². The zero-order valence-corrected chi connectivity index (χ0v) is 19.3. The number of amides is 1. The van der Waals surface area contributed by atoms with E-state index in [0.717, 1.165) is 0 Å². The van der Waals surface area contributed by atoms with Gasteiger partial charge in [0.1, 0.15) is 5.82 Å². The highest BCUT2D eigenvalue weighted by Gasteiger charge is 2.45. The number of benzene rings is 1. The Hall–Kier alpha value is -2.46. The van der Waals surface area contributed by atoms with Gasteiger partial charge in [0, 0.05) is 55.1 Å². The Labute approximate surface area is 195 Å². The summed E-state index contributed by atoms with van der Waals surface area (Å²) in [6.45, 7) is 2.65. The molecule has 1 aromatic carbocycles. The molecule has 4 rings (SSSR count). The lowest BCUT2D eigenvalue weighted by atomic mass is 9.87. The van der Waals surface area contributed by atoms with Crippen LogP contribution in [0.3, 0.4) is 0 Å². The van der Waals surface area contributed by atoms with Crippen molar-refractivity contribution in [2.24, 2.45) is 5.92 Å². The number of aryl methyl sites for hydroxylation is 1. The minimum absolute atomic E-state index is 0.103. The summed E-state index contributed by atoms with van der Waals surface area (Å²) in [5, 5.41) is 14.0. The molecule has 1 aromatic heterocycles. The predicted octanol–water partition coefficient (Wildman–Crippen LogP) is 3.40. The third kappa shape index (κ3) is 5.27. The molecule has 0 radical (unpaired) electrons. The highest BCUT2D eigenvalue weighted by atomic mass is 19.4. The fourth-order valence-electron chi connectivity index (χ4n) is 5.02. The van der Waals surface area contributed by atoms with E-state index < -0.39 is 35.5 Å². The molecule has 0 unspecified atom stereocenters. The number of rotatable bonds is 4. The third-order valence-corrected chi connectivity index (χ3v) is 7.09. The van der Waals surface area contributed by atoms with Crippen molar-refractivity contribution in [1.29, 1.82) is 0 Å². The summed E-state index contributed by atoms with van der Waals surface area (Å²) in [7, 11) is 1.93. The number of aliphatic hydroxyl groups is 1. The van der Waals surface area contributed by atoms with Crippen molar-refractivity contribution in [2.45, 2.75) is 50.4 Å². The molecule has 2 atom stereocenters. The number of hydrogen-bond acceptors (Lipinski definition) is 5. The van der Waals surface area contributed by atoms with Crippen molar-refractivity contribution in [1.82, 2.24) is 15.2 Å². The minimum atomic E-state index is -4.47. The zero-order valence-electron chi connectivity index (χ0n) is 19.3. The molecule has 2 aliphatic heterocycles. The number of hydrogen-bond donors (Lipinski definition) is 2. The Morgan fingerprint density at radius 1 is 1.29 bits per heavy atom. The van der Waals surface area contributed by atoms with Gasteiger partial charge in [-0.3, -0.25) is 9.78 Å².